The lowest BCUT2D eigenvalue weighted by atomic mass is 9.99. The molecular formula is C32H28ClN7O3S. The molecule has 12 heteroatoms. The number of halogens is 1. The third kappa shape index (κ3) is 7.74. The molecule has 5 aromatic rings. The van der Waals surface area contributed by atoms with Gasteiger partial charge in [-0.1, -0.05) is 66.2 Å². The van der Waals surface area contributed by atoms with Gasteiger partial charge >= 0.3 is 5.97 Å². The van der Waals surface area contributed by atoms with Crippen LogP contribution in [0.5, 0.6) is 0 Å². The van der Waals surface area contributed by atoms with Crippen LogP contribution in [0.2, 0.25) is 5.02 Å². The number of aromatic nitrogens is 6. The number of carbonyl (C=O) groups excluding carboxylic acids is 2. The van der Waals surface area contributed by atoms with Gasteiger partial charge in [0.15, 0.2) is 0 Å². The molecule has 0 spiro atoms. The summed E-state index contributed by atoms with van der Waals surface area (Å²) in [7, 11) is 1.37. The molecule has 3 aromatic carbocycles. The SMILES string of the molecule is COC(=O)Cc1ccc(-c2cc([C@H](Cc3ccccc3)NC(=O)/C=C/c3cc(Cl)ccc3-n3cnnn3)nnc2SC)cc1. The van der Waals surface area contributed by atoms with E-state index >= 15 is 0 Å². The molecule has 1 N–H and O–H groups in total. The number of esters is 1. The number of ether oxygens (including phenoxy) is 1. The van der Waals surface area contributed by atoms with E-state index in [9.17, 15) is 9.59 Å². The Bertz CT molecular complexity index is 1770. The summed E-state index contributed by atoms with van der Waals surface area (Å²) in [6, 6.07) is 24.3. The van der Waals surface area contributed by atoms with E-state index in [1.165, 1.54) is 36.0 Å². The number of rotatable bonds is 11. The quantitative estimate of drug-likeness (QED) is 0.118. The van der Waals surface area contributed by atoms with Crippen LogP contribution in [0.25, 0.3) is 22.9 Å². The highest BCUT2D eigenvalue weighted by Gasteiger charge is 2.20. The van der Waals surface area contributed by atoms with Crippen molar-refractivity contribution in [3.8, 4) is 16.8 Å². The van der Waals surface area contributed by atoms with Gasteiger partial charge in [-0.2, -0.15) is 9.78 Å². The van der Waals surface area contributed by atoms with Crippen LogP contribution < -0.4 is 5.32 Å². The van der Waals surface area contributed by atoms with Gasteiger partial charge in [0.25, 0.3) is 0 Å². The van der Waals surface area contributed by atoms with Crippen LogP contribution in [0.4, 0.5) is 0 Å². The zero-order chi connectivity index (χ0) is 30.9. The third-order valence-corrected chi connectivity index (χ3v) is 7.69. The standard InChI is InChI=1S/C32H28ClN7O3S/c1-43-31(42)17-22-8-10-23(11-9-22)26-19-28(36-37-32(26)44-2)27(16-21-6-4-3-5-7-21)35-30(41)15-12-24-18-25(33)13-14-29(24)40-20-34-38-39-40/h3-15,18-20,27H,16-17H2,1-2H3,(H,35,41)/b15-12+/t27-/m0/s1. The molecule has 0 unspecified atom stereocenters. The Morgan fingerprint density at radius 2 is 1.82 bits per heavy atom. The number of methoxy groups -OCH3 is 1. The zero-order valence-electron chi connectivity index (χ0n) is 23.9. The summed E-state index contributed by atoms with van der Waals surface area (Å²) in [6.45, 7) is 0. The van der Waals surface area contributed by atoms with Crippen molar-refractivity contribution in [2.75, 3.05) is 13.4 Å². The van der Waals surface area contributed by atoms with Crippen molar-refractivity contribution in [2.24, 2.45) is 0 Å². The molecule has 0 bridgehead atoms. The molecule has 0 aliphatic heterocycles. The van der Waals surface area contributed by atoms with Gasteiger partial charge in [0.1, 0.15) is 11.4 Å². The molecule has 10 nitrogen and oxygen atoms in total. The monoisotopic (exact) mass is 625 g/mol. The van der Waals surface area contributed by atoms with E-state index < -0.39 is 6.04 Å². The van der Waals surface area contributed by atoms with Gasteiger partial charge in [0.05, 0.1) is 31.0 Å². The molecule has 44 heavy (non-hydrogen) atoms. The first kappa shape index (κ1) is 30.6. The Morgan fingerprint density at radius 1 is 1.02 bits per heavy atom. The number of tetrazole rings is 1. The minimum Gasteiger partial charge on any atom is -0.469 e. The second kappa shape index (κ2) is 14.5. The fourth-order valence-corrected chi connectivity index (χ4v) is 5.27. The molecular weight excluding hydrogens is 598 g/mol. The fraction of sp³-hybridized carbons (Fsp3) is 0.156. The van der Waals surface area contributed by atoms with E-state index in [0.717, 1.165) is 27.3 Å². The van der Waals surface area contributed by atoms with E-state index in [1.54, 1.807) is 24.3 Å². The average Bonchev–Trinajstić information content (AvgIpc) is 3.59. The summed E-state index contributed by atoms with van der Waals surface area (Å²) >= 11 is 7.72. The minimum absolute atomic E-state index is 0.192. The van der Waals surface area contributed by atoms with Gasteiger partial charge < -0.3 is 10.1 Å². The Kier molecular flexibility index (Phi) is 10.1. The van der Waals surface area contributed by atoms with Crippen molar-refractivity contribution in [1.29, 1.82) is 0 Å². The van der Waals surface area contributed by atoms with Crippen LogP contribution in [0.3, 0.4) is 0 Å². The molecule has 1 atom stereocenters. The predicted molar refractivity (Wildman–Crippen MR) is 169 cm³/mol. The molecule has 0 fully saturated rings. The smallest absolute Gasteiger partial charge is 0.309 e. The van der Waals surface area contributed by atoms with Gasteiger partial charge in [-0.15, -0.1) is 22.0 Å². The lowest BCUT2D eigenvalue weighted by Crippen LogP contribution is -2.29. The van der Waals surface area contributed by atoms with Gasteiger partial charge in [-0.25, -0.2) is 0 Å². The van der Waals surface area contributed by atoms with Crippen LogP contribution in [-0.4, -0.2) is 55.6 Å². The lowest BCUT2D eigenvalue weighted by molar-refractivity contribution is -0.139. The first-order valence-electron chi connectivity index (χ1n) is 13.6. The maximum absolute atomic E-state index is 13.3. The van der Waals surface area contributed by atoms with E-state index in [4.69, 9.17) is 16.3 Å². The second-order valence-electron chi connectivity index (χ2n) is 9.68. The van der Waals surface area contributed by atoms with Crippen LogP contribution in [0, 0.1) is 0 Å². The molecule has 0 saturated heterocycles. The van der Waals surface area contributed by atoms with E-state index in [1.807, 2.05) is 66.9 Å². The molecule has 2 aromatic heterocycles. The maximum atomic E-state index is 13.3. The predicted octanol–water partition coefficient (Wildman–Crippen LogP) is 5.32. The number of amides is 1. The highest BCUT2D eigenvalue weighted by Crippen LogP contribution is 2.31. The summed E-state index contributed by atoms with van der Waals surface area (Å²) in [5.74, 6) is -0.621. The normalized spacial score (nSPS) is 11.8. The molecule has 5 rings (SSSR count). The van der Waals surface area contributed by atoms with Crippen molar-refractivity contribution in [2.45, 2.75) is 23.9 Å². The Balaban J connectivity index is 1.44. The summed E-state index contributed by atoms with van der Waals surface area (Å²) in [4.78, 5) is 25.0. The van der Waals surface area contributed by atoms with Crippen LogP contribution in [0.15, 0.2) is 96.3 Å². The molecule has 0 aliphatic rings. The number of thioether (sulfide) groups is 1. The van der Waals surface area contributed by atoms with E-state index in [-0.39, 0.29) is 18.3 Å². The molecule has 0 aliphatic carbocycles. The number of carbonyl (C=O) groups is 2. The summed E-state index contributed by atoms with van der Waals surface area (Å²) in [5.41, 5.74) is 5.62. The van der Waals surface area contributed by atoms with Crippen molar-refractivity contribution >= 4 is 41.3 Å². The molecule has 0 saturated carbocycles. The van der Waals surface area contributed by atoms with E-state index in [2.05, 4.69) is 31.0 Å². The summed E-state index contributed by atoms with van der Waals surface area (Å²) in [5, 5.41) is 24.7. The number of nitrogens with zero attached hydrogens (tertiary/aromatic N) is 6. The Hall–Kier alpha value is -4.87. The van der Waals surface area contributed by atoms with Gasteiger partial charge in [-0.3, -0.25) is 9.59 Å². The first-order valence-corrected chi connectivity index (χ1v) is 15.2. The highest BCUT2D eigenvalue weighted by molar-refractivity contribution is 7.98. The van der Waals surface area contributed by atoms with Crippen molar-refractivity contribution < 1.29 is 14.3 Å². The fourth-order valence-electron chi connectivity index (χ4n) is 4.57. The Morgan fingerprint density at radius 3 is 2.52 bits per heavy atom. The van der Waals surface area contributed by atoms with Crippen molar-refractivity contribution in [3.63, 3.8) is 0 Å². The zero-order valence-corrected chi connectivity index (χ0v) is 25.5. The van der Waals surface area contributed by atoms with Crippen LogP contribution in [0.1, 0.15) is 28.4 Å². The van der Waals surface area contributed by atoms with Crippen molar-refractivity contribution in [3.05, 3.63) is 119 Å². The lowest BCUT2D eigenvalue weighted by Gasteiger charge is -2.19. The average molecular weight is 626 g/mol. The minimum atomic E-state index is -0.478. The topological polar surface area (TPSA) is 125 Å². The van der Waals surface area contributed by atoms with Gasteiger partial charge in [0, 0.05) is 22.2 Å². The summed E-state index contributed by atoms with van der Waals surface area (Å²) in [6.07, 6.45) is 7.21. The molecule has 0 radical (unpaired) electrons. The van der Waals surface area contributed by atoms with Crippen LogP contribution >= 0.6 is 23.4 Å². The second-order valence-corrected chi connectivity index (χ2v) is 10.9. The van der Waals surface area contributed by atoms with Gasteiger partial charge in [0.2, 0.25) is 5.91 Å². The molecule has 2 heterocycles. The van der Waals surface area contributed by atoms with E-state index in [0.29, 0.717) is 28.4 Å². The largest absolute Gasteiger partial charge is 0.469 e. The van der Waals surface area contributed by atoms with Crippen molar-refractivity contribution in [1.82, 2.24) is 35.7 Å². The highest BCUT2D eigenvalue weighted by atomic mass is 35.5. The number of benzene rings is 3. The van der Waals surface area contributed by atoms with Gasteiger partial charge in [-0.05, 0) is 70.1 Å². The number of nitrogens with one attached hydrogen (secondary N) is 1. The first-order chi connectivity index (χ1) is 21.4. The molecule has 222 valence electrons. The number of hydrogen-bond acceptors (Lipinski definition) is 9. The Labute approximate surface area is 263 Å². The summed E-state index contributed by atoms with van der Waals surface area (Å²) < 4.78 is 6.28. The maximum Gasteiger partial charge on any atom is 0.309 e. The number of hydrogen-bond donors (Lipinski definition) is 1. The van der Waals surface area contributed by atoms with Crippen LogP contribution in [-0.2, 0) is 27.2 Å². The molecule has 1 amide bonds. The third-order valence-electron chi connectivity index (χ3n) is 6.77.